The van der Waals surface area contributed by atoms with Crippen LogP contribution in [0.4, 0.5) is 0 Å². The summed E-state index contributed by atoms with van der Waals surface area (Å²) in [5.74, 6) is -0.240. The molecule has 0 saturated carbocycles. The molecule has 1 aromatic rings. The summed E-state index contributed by atoms with van der Waals surface area (Å²) in [6.45, 7) is -0.392. The van der Waals surface area contributed by atoms with Crippen LogP contribution < -0.4 is 9.47 Å². The second kappa shape index (κ2) is 4.35. The Morgan fingerprint density at radius 2 is 2.46 bits per heavy atom. The number of carbonyl (C=O) groups is 1. The number of para-hydroxylation sites is 1. The maximum Gasteiger partial charge on any atom is 0.341 e. The lowest BCUT2D eigenvalue weighted by Crippen LogP contribution is -2.09. The maximum absolute atomic E-state index is 10.2. The summed E-state index contributed by atoms with van der Waals surface area (Å²) < 4.78 is 9.84. The van der Waals surface area contributed by atoms with Gasteiger partial charge in [-0.3, -0.25) is 0 Å². The number of hydrogen-bond donors (Lipinski definition) is 1. The van der Waals surface area contributed by atoms with Gasteiger partial charge in [0.2, 0.25) is 0 Å². The molecular formula is C9H9O4. The molecular weight excluding hydrogens is 172 g/mol. The predicted molar refractivity (Wildman–Crippen MR) is 45.0 cm³/mol. The quantitative estimate of drug-likeness (QED) is 0.751. The van der Waals surface area contributed by atoms with Crippen LogP contribution in [0, 0.1) is 6.07 Å². The standard InChI is InChI=1S/C9H9O4/c1-12-7-4-2-3-5-8(7)13-6-9(10)11/h2-4H,6H2,1H3,(H,10,11). The highest BCUT2D eigenvalue weighted by atomic mass is 16.5. The van der Waals surface area contributed by atoms with Gasteiger partial charge in [-0.2, -0.15) is 0 Å². The van der Waals surface area contributed by atoms with E-state index in [9.17, 15) is 4.79 Å². The van der Waals surface area contributed by atoms with Gasteiger partial charge < -0.3 is 14.6 Å². The van der Waals surface area contributed by atoms with E-state index in [1.54, 1.807) is 18.2 Å². The van der Waals surface area contributed by atoms with E-state index >= 15 is 0 Å². The van der Waals surface area contributed by atoms with Crippen molar-refractivity contribution in [1.82, 2.24) is 0 Å². The highest BCUT2D eigenvalue weighted by molar-refractivity contribution is 5.68. The van der Waals surface area contributed by atoms with Crippen molar-refractivity contribution in [2.75, 3.05) is 13.7 Å². The molecule has 0 bridgehead atoms. The summed E-state index contributed by atoms with van der Waals surface area (Å²) in [4.78, 5) is 10.2. The highest BCUT2D eigenvalue weighted by Gasteiger charge is 2.04. The van der Waals surface area contributed by atoms with Gasteiger partial charge in [-0.05, 0) is 6.07 Å². The van der Waals surface area contributed by atoms with Crippen LogP contribution in [-0.2, 0) is 4.79 Å². The van der Waals surface area contributed by atoms with E-state index in [4.69, 9.17) is 14.6 Å². The molecule has 0 aliphatic carbocycles. The molecule has 0 amide bonds. The molecule has 0 aliphatic rings. The summed E-state index contributed by atoms with van der Waals surface area (Å²) in [6.07, 6.45) is 0. The minimum atomic E-state index is -1.03. The van der Waals surface area contributed by atoms with Crippen molar-refractivity contribution in [3.05, 3.63) is 24.3 Å². The minimum absolute atomic E-state index is 0.312. The van der Waals surface area contributed by atoms with E-state index in [0.29, 0.717) is 11.5 Å². The van der Waals surface area contributed by atoms with Crippen molar-refractivity contribution >= 4 is 5.97 Å². The van der Waals surface area contributed by atoms with Crippen molar-refractivity contribution in [1.29, 1.82) is 0 Å². The maximum atomic E-state index is 10.2. The van der Waals surface area contributed by atoms with Crippen LogP contribution in [0.15, 0.2) is 18.2 Å². The molecule has 1 aromatic carbocycles. The van der Waals surface area contributed by atoms with Crippen molar-refractivity contribution < 1.29 is 19.4 Å². The van der Waals surface area contributed by atoms with Gasteiger partial charge in [-0.25, -0.2) is 4.79 Å². The van der Waals surface area contributed by atoms with Gasteiger partial charge in [-0.1, -0.05) is 12.1 Å². The minimum Gasteiger partial charge on any atom is -0.493 e. The average molecular weight is 181 g/mol. The number of carboxylic acid groups (broad SMARTS) is 1. The topological polar surface area (TPSA) is 55.8 Å². The summed E-state index contributed by atoms with van der Waals surface area (Å²) in [5.41, 5.74) is 0. The number of hydrogen-bond acceptors (Lipinski definition) is 3. The number of carboxylic acids is 1. The van der Waals surface area contributed by atoms with Crippen LogP contribution in [0.3, 0.4) is 0 Å². The molecule has 0 unspecified atom stereocenters. The van der Waals surface area contributed by atoms with E-state index in [1.165, 1.54) is 7.11 Å². The third-order valence-corrected chi connectivity index (χ3v) is 1.34. The van der Waals surface area contributed by atoms with E-state index in [2.05, 4.69) is 6.07 Å². The van der Waals surface area contributed by atoms with E-state index in [0.717, 1.165) is 0 Å². The van der Waals surface area contributed by atoms with Crippen molar-refractivity contribution in [3.63, 3.8) is 0 Å². The lowest BCUT2D eigenvalue weighted by atomic mass is 10.3. The predicted octanol–water partition coefficient (Wildman–Crippen LogP) is 0.959. The summed E-state index contributed by atoms with van der Waals surface area (Å²) in [6, 6.07) is 7.76. The van der Waals surface area contributed by atoms with Crippen LogP contribution >= 0.6 is 0 Å². The van der Waals surface area contributed by atoms with Gasteiger partial charge in [0.25, 0.3) is 0 Å². The van der Waals surface area contributed by atoms with E-state index in [-0.39, 0.29) is 0 Å². The Balaban J connectivity index is 2.69. The zero-order chi connectivity index (χ0) is 9.68. The molecule has 1 N–H and O–H groups in total. The normalized spacial score (nSPS) is 9.31. The molecule has 1 radical (unpaired) electrons. The Morgan fingerprint density at radius 1 is 1.69 bits per heavy atom. The number of ether oxygens (including phenoxy) is 2. The largest absolute Gasteiger partial charge is 0.493 e. The van der Waals surface area contributed by atoms with Gasteiger partial charge in [0.05, 0.1) is 7.11 Å². The Labute approximate surface area is 75.7 Å². The smallest absolute Gasteiger partial charge is 0.341 e. The van der Waals surface area contributed by atoms with Gasteiger partial charge in [-0.15, -0.1) is 0 Å². The molecule has 1 rings (SSSR count). The molecule has 13 heavy (non-hydrogen) atoms. The molecule has 0 spiro atoms. The van der Waals surface area contributed by atoms with Gasteiger partial charge >= 0.3 is 5.97 Å². The molecule has 0 saturated heterocycles. The van der Waals surface area contributed by atoms with Crippen LogP contribution in [0.25, 0.3) is 0 Å². The van der Waals surface area contributed by atoms with Crippen LogP contribution in [0.1, 0.15) is 0 Å². The highest BCUT2D eigenvalue weighted by Crippen LogP contribution is 2.24. The first-order valence-corrected chi connectivity index (χ1v) is 3.63. The molecule has 4 nitrogen and oxygen atoms in total. The Bertz CT molecular complexity index is 295. The zero-order valence-electron chi connectivity index (χ0n) is 7.11. The number of rotatable bonds is 4. The Kier molecular flexibility index (Phi) is 3.14. The summed E-state index contributed by atoms with van der Waals surface area (Å²) in [5, 5.41) is 8.36. The van der Waals surface area contributed by atoms with E-state index in [1.807, 2.05) is 0 Å². The average Bonchev–Trinajstić information content (AvgIpc) is 2.15. The first kappa shape index (κ1) is 9.38. The van der Waals surface area contributed by atoms with Crippen LogP contribution in [0.5, 0.6) is 11.5 Å². The molecule has 0 atom stereocenters. The number of aliphatic carboxylic acids is 1. The first-order chi connectivity index (χ1) is 6.24. The first-order valence-electron chi connectivity index (χ1n) is 3.63. The SMILES string of the molecule is COc1ccc[c]c1OCC(=O)O. The van der Waals surface area contributed by atoms with Gasteiger partial charge in [0, 0.05) is 6.07 Å². The third-order valence-electron chi connectivity index (χ3n) is 1.34. The van der Waals surface area contributed by atoms with Crippen LogP contribution in [-0.4, -0.2) is 24.8 Å². The van der Waals surface area contributed by atoms with Crippen molar-refractivity contribution in [2.24, 2.45) is 0 Å². The second-order valence-corrected chi connectivity index (χ2v) is 2.25. The number of benzene rings is 1. The molecule has 0 heterocycles. The van der Waals surface area contributed by atoms with Crippen LogP contribution in [0.2, 0.25) is 0 Å². The summed E-state index contributed by atoms with van der Waals surface area (Å²) in [7, 11) is 1.48. The Hall–Kier alpha value is -1.71. The molecule has 69 valence electrons. The third kappa shape index (κ3) is 2.66. The van der Waals surface area contributed by atoms with Gasteiger partial charge in [0.1, 0.15) is 0 Å². The Morgan fingerprint density at radius 3 is 3.08 bits per heavy atom. The molecule has 0 aromatic heterocycles. The van der Waals surface area contributed by atoms with Crippen molar-refractivity contribution in [3.8, 4) is 11.5 Å². The second-order valence-electron chi connectivity index (χ2n) is 2.25. The number of methoxy groups -OCH3 is 1. The van der Waals surface area contributed by atoms with Crippen molar-refractivity contribution in [2.45, 2.75) is 0 Å². The van der Waals surface area contributed by atoms with E-state index < -0.39 is 12.6 Å². The summed E-state index contributed by atoms with van der Waals surface area (Å²) >= 11 is 0. The molecule has 0 fully saturated rings. The monoisotopic (exact) mass is 181 g/mol. The zero-order valence-corrected chi connectivity index (χ0v) is 7.11. The molecule has 0 aliphatic heterocycles. The fourth-order valence-corrected chi connectivity index (χ4v) is 0.814. The fourth-order valence-electron chi connectivity index (χ4n) is 0.814. The fraction of sp³-hybridized carbons (Fsp3) is 0.222. The van der Waals surface area contributed by atoms with Gasteiger partial charge in [0.15, 0.2) is 18.1 Å². The lowest BCUT2D eigenvalue weighted by Gasteiger charge is -2.07. The molecule has 4 heteroatoms. The lowest BCUT2D eigenvalue weighted by molar-refractivity contribution is -0.139.